The summed E-state index contributed by atoms with van der Waals surface area (Å²) in [6.07, 6.45) is 0.525. The van der Waals surface area contributed by atoms with Crippen LogP contribution in [-0.2, 0) is 10.0 Å². The molecule has 104 valence electrons. The molecule has 0 saturated heterocycles. The van der Waals surface area contributed by atoms with Crippen molar-refractivity contribution < 1.29 is 12.8 Å². The molecule has 0 bridgehead atoms. The van der Waals surface area contributed by atoms with E-state index in [2.05, 4.69) is 4.72 Å². The van der Waals surface area contributed by atoms with E-state index in [1.165, 1.54) is 13.0 Å². The van der Waals surface area contributed by atoms with Gasteiger partial charge >= 0.3 is 0 Å². The zero-order valence-corrected chi connectivity index (χ0v) is 12.1. The van der Waals surface area contributed by atoms with Gasteiger partial charge in [-0.25, -0.2) is 17.5 Å². The van der Waals surface area contributed by atoms with E-state index in [1.54, 1.807) is 0 Å². The summed E-state index contributed by atoms with van der Waals surface area (Å²) in [4.78, 5) is -0.116. The van der Waals surface area contributed by atoms with E-state index in [4.69, 9.17) is 17.3 Å². The Bertz CT molecular complexity index is 509. The second-order valence-corrected chi connectivity index (χ2v) is 5.71. The van der Waals surface area contributed by atoms with Crippen LogP contribution in [0.25, 0.3) is 0 Å². The lowest BCUT2D eigenvalue weighted by atomic mass is 10.2. The fraction of sp³-hybridized carbons (Fsp3) is 0.400. The molecule has 1 aromatic carbocycles. The fourth-order valence-corrected chi connectivity index (χ4v) is 2.89. The van der Waals surface area contributed by atoms with Gasteiger partial charge in [0.2, 0.25) is 10.0 Å². The van der Waals surface area contributed by atoms with Crippen LogP contribution >= 0.6 is 24.0 Å². The highest BCUT2D eigenvalue weighted by molar-refractivity contribution is 7.89. The Morgan fingerprint density at radius 2 is 2.06 bits per heavy atom. The Hall–Kier alpha value is -0.400. The molecule has 1 rings (SSSR count). The average molecular weight is 317 g/mol. The minimum atomic E-state index is -3.71. The molecule has 0 fully saturated rings. The average Bonchev–Trinajstić information content (AvgIpc) is 2.23. The Balaban J connectivity index is 0.00000289. The van der Waals surface area contributed by atoms with E-state index in [0.29, 0.717) is 13.0 Å². The molecule has 0 atom stereocenters. The third kappa shape index (κ3) is 4.37. The molecule has 0 saturated carbocycles. The molecule has 4 nitrogen and oxygen atoms in total. The number of rotatable bonds is 5. The van der Waals surface area contributed by atoms with Gasteiger partial charge < -0.3 is 5.73 Å². The van der Waals surface area contributed by atoms with E-state index in [-0.39, 0.29) is 34.4 Å². The zero-order valence-electron chi connectivity index (χ0n) is 9.74. The Morgan fingerprint density at radius 3 is 2.61 bits per heavy atom. The van der Waals surface area contributed by atoms with Crippen LogP contribution in [0.2, 0.25) is 5.02 Å². The van der Waals surface area contributed by atoms with Crippen LogP contribution in [-0.4, -0.2) is 21.5 Å². The maximum absolute atomic E-state index is 13.1. The predicted octanol–water partition coefficient (Wildman–Crippen LogP) is 1.84. The largest absolute Gasteiger partial charge is 0.330 e. The van der Waals surface area contributed by atoms with E-state index in [1.807, 2.05) is 0 Å². The van der Waals surface area contributed by atoms with Gasteiger partial charge in [-0.1, -0.05) is 11.6 Å². The SMILES string of the molecule is Cc1cc(S(=O)(=O)NCCCN)c(Cl)cc1F.Cl. The number of benzene rings is 1. The molecule has 0 aromatic heterocycles. The van der Waals surface area contributed by atoms with Crippen LogP contribution in [0.4, 0.5) is 4.39 Å². The van der Waals surface area contributed by atoms with Crippen molar-refractivity contribution in [3.05, 3.63) is 28.5 Å². The van der Waals surface area contributed by atoms with Crippen molar-refractivity contribution in [1.29, 1.82) is 0 Å². The van der Waals surface area contributed by atoms with Crippen molar-refractivity contribution in [2.75, 3.05) is 13.1 Å². The van der Waals surface area contributed by atoms with Crippen molar-refractivity contribution in [3.8, 4) is 0 Å². The van der Waals surface area contributed by atoms with Gasteiger partial charge in [-0.2, -0.15) is 0 Å². The van der Waals surface area contributed by atoms with Gasteiger partial charge in [-0.15, -0.1) is 12.4 Å². The summed E-state index contributed by atoms with van der Waals surface area (Å²) >= 11 is 5.71. The number of hydrogen-bond donors (Lipinski definition) is 2. The highest BCUT2D eigenvalue weighted by Gasteiger charge is 2.18. The van der Waals surface area contributed by atoms with Gasteiger partial charge in [0.05, 0.1) is 5.02 Å². The van der Waals surface area contributed by atoms with E-state index in [9.17, 15) is 12.8 Å². The van der Waals surface area contributed by atoms with Crippen LogP contribution in [0.5, 0.6) is 0 Å². The molecule has 1 aromatic rings. The Morgan fingerprint density at radius 1 is 1.44 bits per heavy atom. The van der Waals surface area contributed by atoms with Crippen LogP contribution in [0, 0.1) is 12.7 Å². The normalized spacial score (nSPS) is 11.1. The zero-order chi connectivity index (χ0) is 13.1. The van der Waals surface area contributed by atoms with Crippen molar-refractivity contribution in [1.82, 2.24) is 4.72 Å². The first-order chi connectivity index (χ1) is 7.88. The summed E-state index contributed by atoms with van der Waals surface area (Å²) in [6.45, 7) is 2.09. The fourth-order valence-electron chi connectivity index (χ4n) is 1.22. The van der Waals surface area contributed by atoms with Gasteiger partial charge in [0.1, 0.15) is 10.7 Å². The van der Waals surface area contributed by atoms with Gasteiger partial charge in [0, 0.05) is 6.54 Å². The molecule has 0 aliphatic rings. The molecule has 0 radical (unpaired) electrons. The van der Waals surface area contributed by atoms with Crippen LogP contribution in [0.1, 0.15) is 12.0 Å². The number of aryl methyl sites for hydroxylation is 1. The van der Waals surface area contributed by atoms with Crippen molar-refractivity contribution in [2.24, 2.45) is 5.73 Å². The smallest absolute Gasteiger partial charge is 0.242 e. The summed E-state index contributed by atoms with van der Waals surface area (Å²) in [5.74, 6) is -0.532. The summed E-state index contributed by atoms with van der Waals surface area (Å²) in [6, 6.07) is 2.21. The van der Waals surface area contributed by atoms with E-state index in [0.717, 1.165) is 6.07 Å². The number of nitrogens with one attached hydrogen (secondary N) is 1. The first-order valence-corrected chi connectivity index (χ1v) is 6.90. The highest BCUT2D eigenvalue weighted by Crippen LogP contribution is 2.24. The quantitative estimate of drug-likeness (QED) is 0.814. The van der Waals surface area contributed by atoms with Gasteiger partial charge in [-0.3, -0.25) is 0 Å². The molecule has 0 aliphatic carbocycles. The van der Waals surface area contributed by atoms with Crippen LogP contribution in [0.3, 0.4) is 0 Å². The van der Waals surface area contributed by atoms with E-state index < -0.39 is 15.8 Å². The van der Waals surface area contributed by atoms with Crippen LogP contribution in [0.15, 0.2) is 17.0 Å². The van der Waals surface area contributed by atoms with Gasteiger partial charge in [0.15, 0.2) is 0 Å². The molecule has 0 amide bonds. The summed E-state index contributed by atoms with van der Waals surface area (Å²) in [5, 5.41) is -0.131. The number of halogens is 3. The van der Waals surface area contributed by atoms with Crippen LogP contribution < -0.4 is 10.5 Å². The van der Waals surface area contributed by atoms with Crippen molar-refractivity contribution in [3.63, 3.8) is 0 Å². The standard InChI is InChI=1S/C10H14ClFN2O2S.ClH/c1-7-5-10(8(11)6-9(7)12)17(15,16)14-4-2-3-13;/h5-6,14H,2-4,13H2,1H3;1H. The third-order valence-corrected chi connectivity index (χ3v) is 4.10. The molecule has 0 spiro atoms. The molecular weight excluding hydrogens is 302 g/mol. The summed E-state index contributed by atoms with van der Waals surface area (Å²) in [5.41, 5.74) is 5.49. The maximum atomic E-state index is 13.1. The molecule has 0 heterocycles. The second-order valence-electron chi connectivity index (χ2n) is 3.57. The molecule has 0 aliphatic heterocycles. The molecule has 8 heteroatoms. The maximum Gasteiger partial charge on any atom is 0.242 e. The summed E-state index contributed by atoms with van der Waals surface area (Å²) in [7, 11) is -3.71. The first kappa shape index (κ1) is 17.6. The molecular formula is C10H15Cl2FN2O2S. The summed E-state index contributed by atoms with van der Waals surface area (Å²) < 4.78 is 39.2. The lowest BCUT2D eigenvalue weighted by Crippen LogP contribution is -2.26. The Labute approximate surface area is 117 Å². The molecule has 0 unspecified atom stereocenters. The first-order valence-electron chi connectivity index (χ1n) is 5.04. The highest BCUT2D eigenvalue weighted by atomic mass is 35.5. The second kappa shape index (κ2) is 7.25. The number of nitrogens with two attached hydrogens (primary N) is 1. The minimum Gasteiger partial charge on any atom is -0.330 e. The molecule has 18 heavy (non-hydrogen) atoms. The lowest BCUT2D eigenvalue weighted by Gasteiger charge is -2.09. The Kier molecular flexibility index (Phi) is 7.09. The number of hydrogen-bond acceptors (Lipinski definition) is 3. The topological polar surface area (TPSA) is 72.2 Å². The number of sulfonamides is 1. The van der Waals surface area contributed by atoms with Gasteiger partial charge in [-0.05, 0) is 37.6 Å². The predicted molar refractivity (Wildman–Crippen MR) is 72.3 cm³/mol. The lowest BCUT2D eigenvalue weighted by molar-refractivity contribution is 0.578. The van der Waals surface area contributed by atoms with Crippen molar-refractivity contribution >= 4 is 34.0 Å². The monoisotopic (exact) mass is 316 g/mol. The van der Waals surface area contributed by atoms with Gasteiger partial charge in [0.25, 0.3) is 0 Å². The molecule has 3 N–H and O–H groups in total. The van der Waals surface area contributed by atoms with Crippen molar-refractivity contribution in [2.45, 2.75) is 18.2 Å². The minimum absolute atomic E-state index is 0. The third-order valence-electron chi connectivity index (χ3n) is 2.18. The van der Waals surface area contributed by atoms with E-state index >= 15 is 0 Å².